The zero-order valence-corrected chi connectivity index (χ0v) is 15.6. The second-order valence-corrected chi connectivity index (χ2v) is 6.36. The van der Waals surface area contributed by atoms with Gasteiger partial charge in [-0.3, -0.25) is 9.80 Å². The second-order valence-electron chi connectivity index (χ2n) is 6.36. The van der Waals surface area contributed by atoms with E-state index in [1.165, 1.54) is 5.01 Å². The minimum Gasteiger partial charge on any atom is -0.490 e. The number of Topliss-reactive ketones (excluding diaryl/α,β-unsaturated/α-hetero) is 1. The monoisotopic (exact) mass is 370 g/mol. The molecule has 6 heteroatoms. The van der Waals surface area contributed by atoms with Crippen molar-refractivity contribution in [2.75, 3.05) is 19.7 Å². The normalized spacial score (nSPS) is 11.6. The van der Waals surface area contributed by atoms with Crippen molar-refractivity contribution >= 4 is 5.78 Å². The molecule has 1 N–H and O–H groups in total. The number of aryl methyl sites for hydroxylation is 1. The van der Waals surface area contributed by atoms with Crippen LogP contribution in [0.25, 0.3) is 0 Å². The Morgan fingerprint density at radius 1 is 1.15 bits per heavy atom. The summed E-state index contributed by atoms with van der Waals surface area (Å²) < 4.78 is 5.65. The summed E-state index contributed by atoms with van der Waals surface area (Å²) in [5.74, 6) is 0.432. The first-order chi connectivity index (χ1) is 13.1. The number of carbonyl (C=O) groups is 1. The van der Waals surface area contributed by atoms with E-state index in [4.69, 9.17) is 4.74 Å². The Morgan fingerprint density at radius 3 is 2.56 bits per heavy atom. The molecular weight excluding hydrogens is 344 g/mol. The lowest BCUT2D eigenvalue weighted by Crippen LogP contribution is -2.32. The van der Waals surface area contributed by atoms with E-state index in [1.54, 1.807) is 24.3 Å². The predicted octanol–water partition coefficient (Wildman–Crippen LogP) is 3.64. The summed E-state index contributed by atoms with van der Waals surface area (Å²) in [7, 11) is 0. The highest BCUT2D eigenvalue weighted by Gasteiger charge is 2.15. The van der Waals surface area contributed by atoms with Gasteiger partial charge in [-0.05, 0) is 30.5 Å². The molecule has 0 spiro atoms. The van der Waals surface area contributed by atoms with Gasteiger partial charge < -0.3 is 9.84 Å². The Kier molecular flexibility index (Phi) is 8.45. The highest BCUT2D eigenvalue weighted by Crippen LogP contribution is 2.21. The maximum Gasteiger partial charge on any atom is 0.166 e. The van der Waals surface area contributed by atoms with Crippen LogP contribution >= 0.6 is 0 Å². The van der Waals surface area contributed by atoms with Crippen LogP contribution in [-0.2, 0) is 6.42 Å². The van der Waals surface area contributed by atoms with Crippen LogP contribution in [0.3, 0.4) is 0 Å². The molecule has 0 amide bonds. The summed E-state index contributed by atoms with van der Waals surface area (Å²) in [6, 6.07) is 16.9. The average Bonchev–Trinajstić information content (AvgIpc) is 2.71. The second kappa shape index (κ2) is 11.1. The molecule has 0 aromatic heterocycles. The van der Waals surface area contributed by atoms with Crippen LogP contribution < -0.4 is 4.74 Å². The lowest BCUT2D eigenvalue weighted by Gasteiger charge is -2.19. The molecule has 1 unspecified atom stereocenters. The first-order valence-electron chi connectivity index (χ1n) is 9.19. The van der Waals surface area contributed by atoms with Crippen LogP contribution in [0, 0.1) is 4.91 Å². The van der Waals surface area contributed by atoms with Crippen LogP contribution in [0.4, 0.5) is 0 Å². The summed E-state index contributed by atoms with van der Waals surface area (Å²) in [5.41, 5.74) is 1.61. The fraction of sp³-hybridized carbons (Fsp3) is 0.381. The lowest BCUT2D eigenvalue weighted by molar-refractivity contribution is 0.0677. The van der Waals surface area contributed by atoms with Gasteiger partial charge in [-0.2, -0.15) is 0 Å². The van der Waals surface area contributed by atoms with Crippen LogP contribution in [0.15, 0.2) is 59.9 Å². The van der Waals surface area contributed by atoms with E-state index in [1.807, 2.05) is 37.3 Å². The van der Waals surface area contributed by atoms with E-state index in [2.05, 4.69) is 5.29 Å². The number of nitroso groups, excluding NO2 is 1. The molecule has 27 heavy (non-hydrogen) atoms. The van der Waals surface area contributed by atoms with Gasteiger partial charge in [0.1, 0.15) is 18.5 Å². The average molecular weight is 370 g/mol. The van der Waals surface area contributed by atoms with Crippen LogP contribution in [0.1, 0.15) is 35.7 Å². The lowest BCUT2D eigenvalue weighted by atomic mass is 10.0. The molecule has 0 saturated carbocycles. The topological polar surface area (TPSA) is 79.2 Å². The van der Waals surface area contributed by atoms with Crippen molar-refractivity contribution < 1.29 is 14.6 Å². The number of ether oxygens (including phenoxy) is 1. The zero-order chi connectivity index (χ0) is 19.5. The molecule has 0 bridgehead atoms. The van der Waals surface area contributed by atoms with Gasteiger partial charge in [0.05, 0.1) is 17.4 Å². The smallest absolute Gasteiger partial charge is 0.166 e. The molecule has 0 aliphatic heterocycles. The van der Waals surface area contributed by atoms with Gasteiger partial charge in [0, 0.05) is 13.0 Å². The highest BCUT2D eigenvalue weighted by atomic mass is 16.5. The number of ketones is 1. The summed E-state index contributed by atoms with van der Waals surface area (Å²) in [5, 5.41) is 14.2. The van der Waals surface area contributed by atoms with Gasteiger partial charge in [0.2, 0.25) is 0 Å². The van der Waals surface area contributed by atoms with E-state index >= 15 is 0 Å². The Balaban J connectivity index is 1.92. The molecule has 2 rings (SSSR count). The molecule has 0 aliphatic rings. The maximum absolute atomic E-state index is 12.6. The van der Waals surface area contributed by atoms with Crippen molar-refractivity contribution in [3.05, 3.63) is 70.6 Å². The number of para-hydroxylation sites is 1. The van der Waals surface area contributed by atoms with Crippen molar-refractivity contribution in [3.8, 4) is 5.75 Å². The summed E-state index contributed by atoms with van der Waals surface area (Å²) in [6.07, 6.45) is 0.930. The van der Waals surface area contributed by atoms with Crippen molar-refractivity contribution in [2.45, 2.75) is 32.3 Å². The fourth-order valence-corrected chi connectivity index (χ4v) is 2.77. The Labute approximate surface area is 159 Å². The Morgan fingerprint density at radius 2 is 1.85 bits per heavy atom. The zero-order valence-electron chi connectivity index (χ0n) is 15.6. The number of aliphatic hydroxyl groups is 1. The molecule has 6 nitrogen and oxygen atoms in total. The van der Waals surface area contributed by atoms with Crippen molar-refractivity contribution in [2.24, 2.45) is 5.29 Å². The third-order valence-electron chi connectivity index (χ3n) is 4.12. The third-order valence-corrected chi connectivity index (χ3v) is 4.12. The minimum absolute atomic E-state index is 0.00823. The molecule has 0 heterocycles. The van der Waals surface area contributed by atoms with Gasteiger partial charge in [-0.15, -0.1) is 4.91 Å². The van der Waals surface area contributed by atoms with E-state index in [-0.39, 0.29) is 18.9 Å². The number of nitrogens with zero attached hydrogens (tertiary/aromatic N) is 2. The third kappa shape index (κ3) is 6.83. The number of aliphatic hydroxyl groups excluding tert-OH is 1. The van der Waals surface area contributed by atoms with E-state index in [0.717, 1.165) is 12.0 Å². The predicted molar refractivity (Wildman–Crippen MR) is 105 cm³/mol. The Hall–Kier alpha value is -2.73. The number of carbonyl (C=O) groups excluding carboxylic acids is 1. The summed E-state index contributed by atoms with van der Waals surface area (Å²) in [4.78, 5) is 23.3. The molecule has 144 valence electrons. The molecule has 0 radical (unpaired) electrons. The van der Waals surface area contributed by atoms with Crippen molar-refractivity contribution in [3.63, 3.8) is 0 Å². The summed E-state index contributed by atoms with van der Waals surface area (Å²) >= 11 is 0. The van der Waals surface area contributed by atoms with Gasteiger partial charge in [0.15, 0.2) is 5.78 Å². The fourth-order valence-electron chi connectivity index (χ4n) is 2.77. The van der Waals surface area contributed by atoms with E-state index < -0.39 is 6.10 Å². The van der Waals surface area contributed by atoms with Crippen molar-refractivity contribution in [1.82, 2.24) is 5.01 Å². The molecule has 0 aliphatic carbocycles. The molecule has 2 aromatic rings. The maximum atomic E-state index is 12.6. The number of hydrogen-bond donors (Lipinski definition) is 1. The number of benzene rings is 2. The summed E-state index contributed by atoms with van der Waals surface area (Å²) in [6.45, 7) is 2.49. The first kappa shape index (κ1) is 20.6. The largest absolute Gasteiger partial charge is 0.490 e. The first-order valence-corrected chi connectivity index (χ1v) is 9.19. The van der Waals surface area contributed by atoms with Gasteiger partial charge >= 0.3 is 0 Å². The van der Waals surface area contributed by atoms with E-state index in [0.29, 0.717) is 30.7 Å². The molecular formula is C21H26N2O4. The SMILES string of the molecule is CCCN(CC(O)COc1ccccc1C(=O)CCc1ccccc1)N=O. The van der Waals surface area contributed by atoms with Crippen LogP contribution in [0.2, 0.25) is 0 Å². The molecule has 2 aromatic carbocycles. The standard InChI is InChI=1S/C21H26N2O4/c1-2-14-23(22-26)15-18(24)16-27-21-11-7-6-10-19(21)20(25)13-12-17-8-4-3-5-9-17/h3-11,18,24H,2,12-16H2,1H3. The van der Waals surface area contributed by atoms with Gasteiger partial charge in [-0.1, -0.05) is 49.4 Å². The minimum atomic E-state index is -0.873. The Bertz CT molecular complexity index is 721. The van der Waals surface area contributed by atoms with Gasteiger partial charge in [-0.25, -0.2) is 0 Å². The van der Waals surface area contributed by atoms with Gasteiger partial charge in [0.25, 0.3) is 0 Å². The van der Waals surface area contributed by atoms with Crippen LogP contribution in [0.5, 0.6) is 5.75 Å². The quantitative estimate of drug-likeness (QED) is 0.351. The van der Waals surface area contributed by atoms with E-state index in [9.17, 15) is 14.8 Å². The van der Waals surface area contributed by atoms with Crippen molar-refractivity contribution in [1.29, 1.82) is 0 Å². The van der Waals surface area contributed by atoms with Crippen LogP contribution in [-0.4, -0.2) is 41.7 Å². The molecule has 1 atom stereocenters. The molecule has 0 fully saturated rings. The number of rotatable bonds is 12. The molecule has 0 saturated heterocycles. The number of hydrogen-bond acceptors (Lipinski definition) is 5. The highest BCUT2D eigenvalue weighted by molar-refractivity contribution is 5.98.